The van der Waals surface area contributed by atoms with Gasteiger partial charge in [0.05, 0.1) is 4.90 Å². The summed E-state index contributed by atoms with van der Waals surface area (Å²) >= 11 is 0. The molecule has 0 saturated heterocycles. The fourth-order valence-electron chi connectivity index (χ4n) is 0.592. The lowest BCUT2D eigenvalue weighted by atomic mass is 10.4. The molecule has 0 aliphatic carbocycles. The molecule has 4 nitrogen and oxygen atoms in total. The monoisotopic (exact) mass is 206 g/mol. The lowest BCUT2D eigenvalue weighted by Gasteiger charge is -1.92. The fraction of sp³-hybridized carbons (Fsp3) is 0. The van der Waals surface area contributed by atoms with Gasteiger partial charge >= 0.3 is 0 Å². The summed E-state index contributed by atoms with van der Waals surface area (Å²) in [7, 11) is -4.00. The molecule has 68 valence electrons. The Hall–Kier alpha value is -0.378. The average molecular weight is 206 g/mol. The van der Waals surface area contributed by atoms with E-state index in [-0.39, 0.29) is 27.7 Å². The molecule has 0 spiro atoms. The van der Waals surface area contributed by atoms with Crippen molar-refractivity contribution in [2.24, 2.45) is 0 Å². The number of rotatable bonds is 1. The topological polar surface area (TPSA) is 85.9 Å². The smallest absolute Gasteiger partial charge is 0.294 e. The van der Waals surface area contributed by atoms with Crippen molar-refractivity contribution in [1.29, 1.82) is 0 Å². The Labute approximate surface area is 81.4 Å². The van der Waals surface area contributed by atoms with Crippen LogP contribution in [0, 0.1) is 0 Å². The van der Waals surface area contributed by atoms with E-state index in [0.717, 1.165) is 0 Å². The summed E-state index contributed by atoms with van der Waals surface area (Å²) in [6.45, 7) is 0. The van der Waals surface area contributed by atoms with Gasteiger partial charge in [0.1, 0.15) is 0 Å². The molecule has 0 atom stereocenters. The highest BCUT2D eigenvalue weighted by Crippen LogP contribution is 2.05. The minimum atomic E-state index is -4.00. The molecule has 1 rings (SSSR count). The first kappa shape index (κ1) is 14.2. The van der Waals surface area contributed by atoms with E-state index in [1.54, 1.807) is 18.2 Å². The van der Waals surface area contributed by atoms with Crippen LogP contribution in [0.3, 0.4) is 0 Å². The highest BCUT2D eigenvalue weighted by atomic mass is 32.2. The van der Waals surface area contributed by atoms with Crippen LogP contribution in [-0.4, -0.2) is 35.8 Å². The van der Waals surface area contributed by atoms with Crippen LogP contribution in [0.25, 0.3) is 0 Å². The Morgan fingerprint density at radius 3 is 1.75 bits per heavy atom. The fourth-order valence-corrected chi connectivity index (χ4v) is 1.09. The third kappa shape index (κ3) is 3.86. The van der Waals surface area contributed by atoms with Gasteiger partial charge in [0.15, 0.2) is 17.4 Å². The average Bonchev–Trinajstić information content (AvgIpc) is 1.88. The zero-order valence-corrected chi connectivity index (χ0v) is 6.38. The van der Waals surface area contributed by atoms with Gasteiger partial charge in [0.25, 0.3) is 10.1 Å². The van der Waals surface area contributed by atoms with Crippen molar-refractivity contribution in [3.8, 4) is 0 Å². The van der Waals surface area contributed by atoms with Gasteiger partial charge in [-0.25, -0.2) is 0 Å². The normalized spacial score (nSPS) is 9.42. The Kier molecular flexibility index (Phi) is 6.26. The highest BCUT2D eigenvalue weighted by molar-refractivity contribution is 7.85. The predicted molar refractivity (Wildman–Crippen MR) is 49.8 cm³/mol. The van der Waals surface area contributed by atoms with Crippen LogP contribution in [0.2, 0.25) is 0 Å². The Morgan fingerprint density at radius 1 is 1.08 bits per heavy atom. The van der Waals surface area contributed by atoms with Gasteiger partial charge in [-0.15, -0.1) is 0 Å². The molecule has 0 aliphatic heterocycles. The minimum Gasteiger partial charge on any atom is -0.412 e. The van der Waals surface area contributed by atoms with Crippen LogP contribution < -0.4 is 0 Å². The van der Waals surface area contributed by atoms with Crippen molar-refractivity contribution >= 4 is 27.5 Å². The van der Waals surface area contributed by atoms with E-state index >= 15 is 0 Å². The van der Waals surface area contributed by atoms with Crippen LogP contribution in [0.4, 0.5) is 0 Å². The molecule has 1 aromatic carbocycles. The van der Waals surface area contributed by atoms with Gasteiger partial charge in [0, 0.05) is 0 Å². The lowest BCUT2D eigenvalue weighted by molar-refractivity contribution is 0.483. The quantitative estimate of drug-likeness (QED) is 0.468. The zero-order valence-electron chi connectivity index (χ0n) is 5.56. The third-order valence-electron chi connectivity index (χ3n) is 1.04. The summed E-state index contributed by atoms with van der Waals surface area (Å²) in [6.07, 6.45) is 0. The van der Waals surface area contributed by atoms with Gasteiger partial charge in [-0.2, -0.15) is 8.42 Å². The maximum atomic E-state index is 10.4. The molecule has 12 heavy (non-hydrogen) atoms. The zero-order chi connectivity index (χ0) is 7.61. The third-order valence-corrected chi connectivity index (χ3v) is 1.91. The summed E-state index contributed by atoms with van der Waals surface area (Å²) in [5, 5.41) is 0. The summed E-state index contributed by atoms with van der Waals surface area (Å²) in [5.41, 5.74) is 0. The van der Waals surface area contributed by atoms with E-state index in [1.807, 2.05) is 0 Å². The second kappa shape index (κ2) is 5.30. The van der Waals surface area contributed by atoms with E-state index in [2.05, 4.69) is 0 Å². The van der Waals surface area contributed by atoms with Crippen molar-refractivity contribution in [2.75, 3.05) is 0 Å². The van der Waals surface area contributed by atoms with Crippen LogP contribution >= 0.6 is 0 Å². The largest absolute Gasteiger partial charge is 0.412 e. The van der Waals surface area contributed by atoms with Crippen LogP contribution in [0.15, 0.2) is 35.2 Å². The first-order chi connectivity index (χ1) is 4.61. The highest BCUT2D eigenvalue weighted by Gasteiger charge is 2.05. The Balaban J connectivity index is 0. The summed E-state index contributed by atoms with van der Waals surface area (Å²) in [5.74, 6) is 0. The van der Waals surface area contributed by atoms with Crippen molar-refractivity contribution in [3.05, 3.63) is 30.3 Å². The maximum absolute atomic E-state index is 10.4. The minimum absolute atomic E-state index is 0. The van der Waals surface area contributed by atoms with Crippen LogP contribution in [0.1, 0.15) is 0 Å². The van der Waals surface area contributed by atoms with E-state index in [4.69, 9.17) is 4.55 Å². The summed E-state index contributed by atoms with van der Waals surface area (Å²) in [4.78, 5) is -0.0741. The predicted octanol–water partition coefficient (Wildman–Crippen LogP) is -1.08. The van der Waals surface area contributed by atoms with E-state index < -0.39 is 10.1 Å². The van der Waals surface area contributed by atoms with E-state index in [0.29, 0.717) is 0 Å². The molecule has 0 aromatic heterocycles. The van der Waals surface area contributed by atoms with E-state index in [1.165, 1.54) is 12.1 Å². The van der Waals surface area contributed by atoms with Gasteiger partial charge < -0.3 is 5.48 Å². The van der Waals surface area contributed by atoms with Gasteiger partial charge in [0.2, 0.25) is 0 Å². The molecular formula is C6H11AlO4S. The summed E-state index contributed by atoms with van der Waals surface area (Å²) < 4.78 is 29.2. The summed E-state index contributed by atoms with van der Waals surface area (Å²) in [6, 6.07) is 7.42. The first-order valence-electron chi connectivity index (χ1n) is 2.63. The maximum Gasteiger partial charge on any atom is 0.294 e. The van der Waals surface area contributed by atoms with Crippen LogP contribution in [0.5, 0.6) is 0 Å². The second-order valence-corrected chi connectivity index (χ2v) is 3.21. The van der Waals surface area contributed by atoms with Crippen molar-refractivity contribution in [2.45, 2.75) is 4.90 Å². The van der Waals surface area contributed by atoms with Gasteiger partial charge in [-0.05, 0) is 12.1 Å². The first-order valence-corrected chi connectivity index (χ1v) is 4.07. The molecule has 0 amide bonds. The number of benzene rings is 1. The molecule has 0 bridgehead atoms. The molecule has 0 unspecified atom stereocenters. The SMILES string of the molecule is O.O=S(=O)(O)c1ccccc1.[AlH3]. The standard InChI is InChI=1S/C6H6O3S.Al.H2O.3H/c7-10(8,9)6-4-2-1-3-5-6;;;;;/h1-5H,(H,7,8,9);;1H2;;;. The molecule has 1 aromatic rings. The molecule has 0 aliphatic rings. The number of hydrogen-bond acceptors (Lipinski definition) is 2. The Bertz CT molecular complexity index is 308. The molecule has 0 fully saturated rings. The second-order valence-electron chi connectivity index (χ2n) is 1.79. The van der Waals surface area contributed by atoms with Crippen molar-refractivity contribution in [3.63, 3.8) is 0 Å². The molecule has 3 N–H and O–H groups in total. The van der Waals surface area contributed by atoms with Crippen molar-refractivity contribution in [1.82, 2.24) is 0 Å². The molecular weight excluding hydrogens is 195 g/mol. The van der Waals surface area contributed by atoms with Crippen molar-refractivity contribution < 1.29 is 18.4 Å². The molecule has 0 radical (unpaired) electrons. The van der Waals surface area contributed by atoms with Gasteiger partial charge in [-0.1, -0.05) is 18.2 Å². The van der Waals surface area contributed by atoms with Gasteiger partial charge in [-0.3, -0.25) is 4.55 Å². The number of hydrogen-bond donors (Lipinski definition) is 1. The van der Waals surface area contributed by atoms with Crippen LogP contribution in [-0.2, 0) is 10.1 Å². The Morgan fingerprint density at radius 2 is 1.50 bits per heavy atom. The molecule has 0 saturated carbocycles. The lowest BCUT2D eigenvalue weighted by Crippen LogP contribution is -1.96. The van der Waals surface area contributed by atoms with E-state index in [9.17, 15) is 8.42 Å². The molecule has 0 heterocycles. The molecule has 6 heteroatoms.